The second-order valence-electron chi connectivity index (χ2n) is 3.73. The van der Waals surface area contributed by atoms with Crippen LogP contribution in [0.3, 0.4) is 0 Å². The molecule has 1 heterocycles. The van der Waals surface area contributed by atoms with Crippen molar-refractivity contribution in [3.8, 4) is 0 Å². The quantitative estimate of drug-likeness (QED) is 0.865. The monoisotopic (exact) mass is 270 g/mol. The highest BCUT2D eigenvalue weighted by molar-refractivity contribution is 9.10. The zero-order chi connectivity index (χ0) is 11.0. The number of nitrogens with two attached hydrogens (primary N) is 1. The summed E-state index contributed by atoms with van der Waals surface area (Å²) in [6, 6.07) is 1.62. The standard InChI is InChI=1S/C10H11BrN2O2/c11-8-6(10(14)15)4-7(13-9(8)12)5-2-1-3-5/h4-5H,1-3H2,(H2,12,13)(H,14,15). The fraction of sp³-hybridized carbons (Fsp3) is 0.400. The van der Waals surface area contributed by atoms with Gasteiger partial charge in [0.2, 0.25) is 0 Å². The van der Waals surface area contributed by atoms with Crippen LogP contribution in [0.15, 0.2) is 10.5 Å². The van der Waals surface area contributed by atoms with Gasteiger partial charge in [0.1, 0.15) is 5.82 Å². The van der Waals surface area contributed by atoms with E-state index < -0.39 is 5.97 Å². The number of anilines is 1. The van der Waals surface area contributed by atoms with Crippen LogP contribution in [0.4, 0.5) is 5.82 Å². The first-order chi connectivity index (χ1) is 7.09. The molecule has 3 N–H and O–H groups in total. The summed E-state index contributed by atoms with van der Waals surface area (Å²) in [5, 5.41) is 8.97. The van der Waals surface area contributed by atoms with Crippen molar-refractivity contribution >= 4 is 27.7 Å². The van der Waals surface area contributed by atoms with Gasteiger partial charge < -0.3 is 10.8 Å². The van der Waals surface area contributed by atoms with E-state index in [1.165, 1.54) is 6.42 Å². The van der Waals surface area contributed by atoms with E-state index >= 15 is 0 Å². The highest BCUT2D eigenvalue weighted by Gasteiger charge is 2.24. The molecule has 0 saturated heterocycles. The Hall–Kier alpha value is -1.10. The first-order valence-electron chi connectivity index (χ1n) is 4.79. The van der Waals surface area contributed by atoms with Crippen LogP contribution in [0.5, 0.6) is 0 Å². The van der Waals surface area contributed by atoms with Crippen LogP contribution in [0.1, 0.15) is 41.2 Å². The van der Waals surface area contributed by atoms with Crippen molar-refractivity contribution in [1.29, 1.82) is 0 Å². The Morgan fingerprint density at radius 2 is 2.27 bits per heavy atom. The molecule has 1 aromatic rings. The number of aromatic carboxylic acids is 1. The minimum Gasteiger partial charge on any atom is -0.478 e. The third-order valence-electron chi connectivity index (χ3n) is 2.76. The summed E-state index contributed by atoms with van der Waals surface area (Å²) in [7, 11) is 0. The van der Waals surface area contributed by atoms with E-state index in [-0.39, 0.29) is 11.4 Å². The molecule has 1 aliphatic rings. The van der Waals surface area contributed by atoms with Crippen LogP contribution in [-0.2, 0) is 0 Å². The van der Waals surface area contributed by atoms with E-state index in [9.17, 15) is 4.79 Å². The molecule has 0 bridgehead atoms. The Kier molecular flexibility index (Phi) is 2.65. The van der Waals surface area contributed by atoms with Gasteiger partial charge in [-0.1, -0.05) is 6.42 Å². The molecule has 0 atom stereocenters. The van der Waals surface area contributed by atoms with E-state index in [1.54, 1.807) is 6.07 Å². The molecule has 80 valence electrons. The minimum atomic E-state index is -0.975. The van der Waals surface area contributed by atoms with Crippen molar-refractivity contribution in [1.82, 2.24) is 4.98 Å². The van der Waals surface area contributed by atoms with Crippen molar-refractivity contribution in [2.24, 2.45) is 0 Å². The predicted molar refractivity (Wildman–Crippen MR) is 59.9 cm³/mol. The smallest absolute Gasteiger partial charge is 0.337 e. The topological polar surface area (TPSA) is 76.2 Å². The Bertz CT molecular complexity index is 416. The number of halogens is 1. The highest BCUT2D eigenvalue weighted by atomic mass is 79.9. The van der Waals surface area contributed by atoms with Gasteiger partial charge in [0.25, 0.3) is 0 Å². The average molecular weight is 271 g/mol. The van der Waals surface area contributed by atoms with E-state index in [4.69, 9.17) is 10.8 Å². The Balaban J connectivity index is 2.45. The van der Waals surface area contributed by atoms with Crippen molar-refractivity contribution < 1.29 is 9.90 Å². The number of carboxylic acids is 1. The van der Waals surface area contributed by atoms with E-state index in [2.05, 4.69) is 20.9 Å². The van der Waals surface area contributed by atoms with Gasteiger partial charge in [-0.25, -0.2) is 9.78 Å². The van der Waals surface area contributed by atoms with Gasteiger partial charge in [-0.3, -0.25) is 0 Å². The first kappa shape index (κ1) is 10.4. The maximum Gasteiger partial charge on any atom is 0.337 e. The summed E-state index contributed by atoms with van der Waals surface area (Å²) in [4.78, 5) is 15.1. The molecule has 0 aromatic carbocycles. The SMILES string of the molecule is Nc1nc(C2CCC2)cc(C(=O)O)c1Br. The lowest BCUT2D eigenvalue weighted by molar-refractivity contribution is 0.0695. The zero-order valence-corrected chi connectivity index (χ0v) is 9.62. The first-order valence-corrected chi connectivity index (χ1v) is 5.58. The molecule has 1 aromatic heterocycles. The summed E-state index contributed by atoms with van der Waals surface area (Å²) in [6.07, 6.45) is 3.34. The molecule has 15 heavy (non-hydrogen) atoms. The van der Waals surface area contributed by atoms with E-state index in [0.717, 1.165) is 18.5 Å². The molecule has 0 aliphatic heterocycles. The molecule has 4 nitrogen and oxygen atoms in total. The highest BCUT2D eigenvalue weighted by Crippen LogP contribution is 2.37. The van der Waals surface area contributed by atoms with Gasteiger partial charge in [0.05, 0.1) is 10.0 Å². The minimum absolute atomic E-state index is 0.199. The van der Waals surface area contributed by atoms with Gasteiger partial charge in [0.15, 0.2) is 0 Å². The molecule has 0 amide bonds. The maximum absolute atomic E-state index is 10.9. The lowest BCUT2D eigenvalue weighted by Crippen LogP contribution is -2.14. The molecule has 1 saturated carbocycles. The number of carbonyl (C=O) groups is 1. The number of pyridine rings is 1. The van der Waals surface area contributed by atoms with Gasteiger partial charge in [-0.05, 0) is 34.8 Å². The third-order valence-corrected chi connectivity index (χ3v) is 3.59. The number of aromatic nitrogens is 1. The Labute approximate surface area is 95.6 Å². The molecule has 1 aliphatic carbocycles. The van der Waals surface area contributed by atoms with Gasteiger partial charge >= 0.3 is 5.97 Å². The second-order valence-corrected chi connectivity index (χ2v) is 4.52. The van der Waals surface area contributed by atoms with Crippen LogP contribution in [-0.4, -0.2) is 16.1 Å². The fourth-order valence-electron chi connectivity index (χ4n) is 1.64. The fourth-order valence-corrected chi connectivity index (χ4v) is 2.01. The maximum atomic E-state index is 10.9. The van der Waals surface area contributed by atoms with Crippen molar-refractivity contribution in [2.45, 2.75) is 25.2 Å². The summed E-state index contributed by atoms with van der Waals surface area (Å²) in [5.74, 6) is -0.327. The van der Waals surface area contributed by atoms with Gasteiger partial charge in [-0.15, -0.1) is 0 Å². The van der Waals surface area contributed by atoms with Crippen molar-refractivity contribution in [2.75, 3.05) is 5.73 Å². The summed E-state index contributed by atoms with van der Waals surface area (Å²) in [5.41, 5.74) is 6.66. The predicted octanol–water partition coefficient (Wildman–Crippen LogP) is 2.39. The molecular formula is C10H11BrN2O2. The number of nitrogen functional groups attached to an aromatic ring is 1. The second kappa shape index (κ2) is 3.81. The van der Waals surface area contributed by atoms with Crippen molar-refractivity contribution in [3.63, 3.8) is 0 Å². The molecule has 5 heteroatoms. The molecule has 2 rings (SSSR count). The molecule has 0 unspecified atom stereocenters. The molecule has 0 radical (unpaired) electrons. The number of rotatable bonds is 2. The van der Waals surface area contributed by atoms with Crippen molar-refractivity contribution in [3.05, 3.63) is 21.8 Å². The lowest BCUT2D eigenvalue weighted by atomic mass is 9.82. The van der Waals surface area contributed by atoms with Gasteiger partial charge in [-0.2, -0.15) is 0 Å². The third kappa shape index (κ3) is 1.84. The van der Waals surface area contributed by atoms with Gasteiger partial charge in [0, 0.05) is 11.6 Å². The Morgan fingerprint density at radius 1 is 1.60 bits per heavy atom. The lowest BCUT2D eigenvalue weighted by Gasteiger charge is -2.25. The zero-order valence-electron chi connectivity index (χ0n) is 8.03. The summed E-state index contributed by atoms with van der Waals surface area (Å²) in [6.45, 7) is 0. The summed E-state index contributed by atoms with van der Waals surface area (Å²) >= 11 is 3.14. The van der Waals surface area contributed by atoms with E-state index in [1.807, 2.05) is 0 Å². The molecule has 1 fully saturated rings. The number of hydrogen-bond acceptors (Lipinski definition) is 3. The molecular weight excluding hydrogens is 260 g/mol. The summed E-state index contributed by atoms with van der Waals surface area (Å²) < 4.78 is 0.373. The number of nitrogens with zero attached hydrogens (tertiary/aromatic N) is 1. The Morgan fingerprint density at radius 3 is 2.73 bits per heavy atom. The number of hydrogen-bond donors (Lipinski definition) is 2. The van der Waals surface area contributed by atoms with Crippen LogP contribution in [0.25, 0.3) is 0 Å². The van der Waals surface area contributed by atoms with E-state index in [0.29, 0.717) is 10.4 Å². The van der Waals surface area contributed by atoms with Crippen LogP contribution < -0.4 is 5.73 Å². The van der Waals surface area contributed by atoms with Crippen LogP contribution >= 0.6 is 15.9 Å². The number of carboxylic acid groups (broad SMARTS) is 1. The average Bonchev–Trinajstić information content (AvgIpc) is 2.07. The normalized spacial score (nSPS) is 16.1. The van der Waals surface area contributed by atoms with Crippen LogP contribution in [0, 0.1) is 0 Å². The molecule has 0 spiro atoms. The van der Waals surface area contributed by atoms with Crippen LogP contribution in [0.2, 0.25) is 0 Å². The largest absolute Gasteiger partial charge is 0.478 e.